The van der Waals surface area contributed by atoms with E-state index in [0.29, 0.717) is 22.7 Å². The first-order chi connectivity index (χ1) is 8.73. The monoisotopic (exact) mass is 304 g/mol. The summed E-state index contributed by atoms with van der Waals surface area (Å²) >= 11 is 6.13. The first-order valence-corrected chi connectivity index (χ1v) is 8.53. The highest BCUT2D eigenvalue weighted by atomic mass is 35.5. The minimum Gasteiger partial charge on any atom is -0.381 e. The van der Waals surface area contributed by atoms with Crippen molar-refractivity contribution in [2.24, 2.45) is 5.92 Å². The smallest absolute Gasteiger partial charge is 0.229 e. The Morgan fingerprint density at radius 2 is 1.95 bits per heavy atom. The predicted molar refractivity (Wildman–Crippen MR) is 82.5 cm³/mol. The summed E-state index contributed by atoms with van der Waals surface area (Å²) in [7, 11) is -3.28. The Morgan fingerprint density at radius 1 is 1.32 bits per heavy atom. The standard InChI is InChI=1S/C13H21ClN2O2S/c1-5-12(9(2)3)15-13-8-10(6-7-11(13)14)16-19(4,17)18/h6-9,12,15-16H,5H2,1-4H3. The number of halogens is 1. The van der Waals surface area contributed by atoms with Crippen LogP contribution in [-0.4, -0.2) is 20.7 Å². The SMILES string of the molecule is CCC(Nc1cc(NS(C)(=O)=O)ccc1Cl)C(C)C. The van der Waals surface area contributed by atoms with Crippen molar-refractivity contribution in [1.29, 1.82) is 0 Å². The summed E-state index contributed by atoms with van der Waals surface area (Å²) in [6.45, 7) is 6.37. The number of hydrogen-bond acceptors (Lipinski definition) is 3. The molecule has 0 fully saturated rings. The molecule has 4 nitrogen and oxygen atoms in total. The average Bonchev–Trinajstić information content (AvgIpc) is 2.27. The zero-order chi connectivity index (χ0) is 14.6. The van der Waals surface area contributed by atoms with Gasteiger partial charge in [0.1, 0.15) is 0 Å². The molecule has 1 aromatic rings. The van der Waals surface area contributed by atoms with Gasteiger partial charge in [0, 0.05) is 6.04 Å². The highest BCUT2D eigenvalue weighted by molar-refractivity contribution is 7.92. The number of sulfonamides is 1. The van der Waals surface area contributed by atoms with Gasteiger partial charge < -0.3 is 5.32 Å². The molecule has 2 N–H and O–H groups in total. The van der Waals surface area contributed by atoms with Crippen molar-refractivity contribution >= 4 is 33.0 Å². The maximum Gasteiger partial charge on any atom is 0.229 e. The van der Waals surface area contributed by atoms with Gasteiger partial charge in [-0.25, -0.2) is 8.42 Å². The normalized spacial score (nSPS) is 13.4. The molecule has 0 aliphatic heterocycles. The minimum atomic E-state index is -3.28. The van der Waals surface area contributed by atoms with E-state index in [1.54, 1.807) is 18.2 Å². The van der Waals surface area contributed by atoms with Gasteiger partial charge in [-0.15, -0.1) is 0 Å². The van der Waals surface area contributed by atoms with Crippen LogP contribution in [-0.2, 0) is 10.0 Å². The molecule has 0 aliphatic rings. The fourth-order valence-corrected chi connectivity index (χ4v) is 2.58. The average molecular weight is 305 g/mol. The summed E-state index contributed by atoms with van der Waals surface area (Å²) < 4.78 is 24.9. The minimum absolute atomic E-state index is 0.297. The third-order valence-electron chi connectivity index (χ3n) is 2.86. The van der Waals surface area contributed by atoms with Gasteiger partial charge in [0.15, 0.2) is 0 Å². The van der Waals surface area contributed by atoms with E-state index in [0.717, 1.165) is 18.4 Å². The summed E-state index contributed by atoms with van der Waals surface area (Å²) in [4.78, 5) is 0. The first-order valence-electron chi connectivity index (χ1n) is 6.26. The van der Waals surface area contributed by atoms with Crippen LogP contribution >= 0.6 is 11.6 Å². The van der Waals surface area contributed by atoms with E-state index in [4.69, 9.17) is 11.6 Å². The Kier molecular flexibility index (Phi) is 5.50. The lowest BCUT2D eigenvalue weighted by Crippen LogP contribution is -2.24. The molecule has 19 heavy (non-hydrogen) atoms. The Labute approximate surface area is 120 Å². The van der Waals surface area contributed by atoms with E-state index in [1.807, 2.05) is 0 Å². The molecule has 0 saturated carbocycles. The van der Waals surface area contributed by atoms with Gasteiger partial charge in [-0.2, -0.15) is 0 Å². The van der Waals surface area contributed by atoms with E-state index in [2.05, 4.69) is 30.8 Å². The first kappa shape index (κ1) is 16.1. The summed E-state index contributed by atoms with van der Waals surface area (Å²) in [5.41, 5.74) is 1.25. The summed E-state index contributed by atoms with van der Waals surface area (Å²) in [5, 5.41) is 3.94. The van der Waals surface area contributed by atoms with Crippen molar-refractivity contribution in [3.63, 3.8) is 0 Å². The zero-order valence-corrected chi connectivity index (χ0v) is 13.3. The van der Waals surface area contributed by atoms with Gasteiger partial charge in [-0.1, -0.05) is 32.4 Å². The summed E-state index contributed by atoms with van der Waals surface area (Å²) in [6.07, 6.45) is 2.09. The van der Waals surface area contributed by atoms with Crippen LogP contribution in [0.4, 0.5) is 11.4 Å². The van der Waals surface area contributed by atoms with E-state index in [1.165, 1.54) is 0 Å². The van der Waals surface area contributed by atoms with Gasteiger partial charge in [0.25, 0.3) is 0 Å². The maximum atomic E-state index is 11.2. The zero-order valence-electron chi connectivity index (χ0n) is 11.7. The molecular weight excluding hydrogens is 284 g/mol. The molecule has 1 rings (SSSR count). The molecule has 0 bridgehead atoms. The summed E-state index contributed by atoms with van der Waals surface area (Å²) in [6, 6.07) is 5.34. The molecule has 0 amide bonds. The van der Waals surface area contributed by atoms with Crippen LogP contribution in [0.1, 0.15) is 27.2 Å². The van der Waals surface area contributed by atoms with E-state index in [-0.39, 0.29) is 0 Å². The van der Waals surface area contributed by atoms with Crippen LogP contribution in [0.2, 0.25) is 5.02 Å². The van der Waals surface area contributed by atoms with Crippen LogP contribution in [0.25, 0.3) is 0 Å². The van der Waals surface area contributed by atoms with Crippen LogP contribution < -0.4 is 10.0 Å². The lowest BCUT2D eigenvalue weighted by Gasteiger charge is -2.23. The van der Waals surface area contributed by atoms with Crippen LogP contribution in [0.5, 0.6) is 0 Å². The quantitative estimate of drug-likeness (QED) is 0.845. The number of benzene rings is 1. The highest BCUT2D eigenvalue weighted by Gasteiger charge is 2.13. The van der Waals surface area contributed by atoms with E-state index >= 15 is 0 Å². The Morgan fingerprint density at radius 3 is 2.42 bits per heavy atom. The lowest BCUT2D eigenvalue weighted by atomic mass is 10.0. The third-order valence-corrected chi connectivity index (χ3v) is 3.79. The number of hydrogen-bond donors (Lipinski definition) is 2. The summed E-state index contributed by atoms with van der Waals surface area (Å²) in [5.74, 6) is 0.465. The molecule has 108 valence electrons. The topological polar surface area (TPSA) is 58.2 Å². The molecule has 0 radical (unpaired) electrons. The van der Waals surface area contributed by atoms with Crippen LogP contribution in [0.15, 0.2) is 18.2 Å². The molecule has 0 spiro atoms. The fraction of sp³-hybridized carbons (Fsp3) is 0.538. The number of rotatable bonds is 6. The van der Waals surface area contributed by atoms with Crippen molar-refractivity contribution in [1.82, 2.24) is 0 Å². The second kappa shape index (κ2) is 6.48. The number of anilines is 2. The van der Waals surface area contributed by atoms with Gasteiger partial charge in [0.2, 0.25) is 10.0 Å². The van der Waals surface area contributed by atoms with Crippen LogP contribution in [0.3, 0.4) is 0 Å². The molecule has 0 aliphatic carbocycles. The Bertz CT molecular complexity index is 529. The van der Waals surface area contributed by atoms with Gasteiger partial charge in [-0.05, 0) is 30.5 Å². The molecule has 1 aromatic carbocycles. The Balaban J connectivity index is 2.97. The molecule has 0 aromatic heterocycles. The maximum absolute atomic E-state index is 11.2. The lowest BCUT2D eigenvalue weighted by molar-refractivity contribution is 0.511. The molecule has 1 atom stereocenters. The van der Waals surface area contributed by atoms with Gasteiger partial charge >= 0.3 is 0 Å². The second-order valence-electron chi connectivity index (χ2n) is 4.97. The molecule has 0 heterocycles. The van der Waals surface area contributed by atoms with Gasteiger partial charge in [0.05, 0.1) is 22.7 Å². The molecule has 6 heteroatoms. The molecular formula is C13H21ClN2O2S. The van der Waals surface area contributed by atoms with Crippen LogP contribution in [0, 0.1) is 5.92 Å². The fourth-order valence-electron chi connectivity index (χ4n) is 1.85. The van der Waals surface area contributed by atoms with Crippen molar-refractivity contribution in [2.75, 3.05) is 16.3 Å². The largest absolute Gasteiger partial charge is 0.381 e. The van der Waals surface area contributed by atoms with Crippen molar-refractivity contribution < 1.29 is 8.42 Å². The van der Waals surface area contributed by atoms with Crippen molar-refractivity contribution in [2.45, 2.75) is 33.2 Å². The predicted octanol–water partition coefficient (Wildman–Crippen LogP) is 3.56. The Hall–Kier alpha value is -0.940. The second-order valence-corrected chi connectivity index (χ2v) is 7.13. The van der Waals surface area contributed by atoms with E-state index in [9.17, 15) is 8.42 Å². The highest BCUT2D eigenvalue weighted by Crippen LogP contribution is 2.28. The molecule has 1 unspecified atom stereocenters. The van der Waals surface area contributed by atoms with E-state index < -0.39 is 10.0 Å². The van der Waals surface area contributed by atoms with Gasteiger partial charge in [-0.3, -0.25) is 4.72 Å². The molecule has 0 saturated heterocycles. The third kappa shape index (κ3) is 5.28. The van der Waals surface area contributed by atoms with Crippen molar-refractivity contribution in [3.8, 4) is 0 Å². The van der Waals surface area contributed by atoms with Crippen molar-refractivity contribution in [3.05, 3.63) is 23.2 Å². The number of nitrogens with one attached hydrogen (secondary N) is 2.